The van der Waals surface area contributed by atoms with E-state index in [2.05, 4.69) is 0 Å². The van der Waals surface area contributed by atoms with Crippen LogP contribution in [0.4, 0.5) is 29.3 Å². The molecule has 0 unspecified atom stereocenters. The van der Waals surface area contributed by atoms with Crippen LogP contribution < -0.4 is 15.4 Å². The number of halogens is 4. The van der Waals surface area contributed by atoms with E-state index in [1.165, 1.54) is 23.1 Å². The smallest absolute Gasteiger partial charge is 0.422 e. The van der Waals surface area contributed by atoms with Crippen LogP contribution in [-0.2, 0) is 10.9 Å². The Hall–Kier alpha value is -2.81. The third-order valence-corrected chi connectivity index (χ3v) is 5.90. The lowest BCUT2D eigenvalue weighted by atomic mass is 9.95. The van der Waals surface area contributed by atoms with E-state index in [0.29, 0.717) is 26.1 Å². The number of anilines is 2. The normalized spacial score (nSPS) is 16.7. The standard InChI is InChI=1S/C25H31ClF3N3O3/c1-24(2,3)35-23(33)31(4)14-16-8-7-13-32(15-16)22-18(30)11-12-20(21(22)25(27,28)29)34-19-10-6-5-9-17(19)26/h5-6,9-12,16H,7-8,13-15,30H2,1-4H3/t16-/m0/s1. The zero-order chi connectivity index (χ0) is 26.0. The van der Waals surface area contributed by atoms with Gasteiger partial charge in [0.05, 0.1) is 16.4 Å². The van der Waals surface area contributed by atoms with Crippen molar-refractivity contribution in [2.45, 2.75) is 45.4 Å². The van der Waals surface area contributed by atoms with Crippen LogP contribution >= 0.6 is 11.6 Å². The fraction of sp³-hybridized carbons (Fsp3) is 0.480. The molecular formula is C25H31ClF3N3O3. The predicted molar refractivity (Wildman–Crippen MR) is 131 cm³/mol. The summed E-state index contributed by atoms with van der Waals surface area (Å²) in [5.74, 6) is -0.316. The van der Waals surface area contributed by atoms with Crippen LogP contribution in [0.15, 0.2) is 36.4 Å². The fourth-order valence-corrected chi connectivity index (χ4v) is 4.33. The highest BCUT2D eigenvalue weighted by atomic mass is 35.5. The third-order valence-electron chi connectivity index (χ3n) is 5.58. The lowest BCUT2D eigenvalue weighted by molar-refractivity contribution is -0.138. The van der Waals surface area contributed by atoms with Crippen LogP contribution in [0, 0.1) is 5.92 Å². The van der Waals surface area contributed by atoms with E-state index in [1.54, 1.807) is 50.9 Å². The molecule has 2 aromatic carbocycles. The minimum atomic E-state index is -4.72. The lowest BCUT2D eigenvalue weighted by Crippen LogP contribution is -2.43. The van der Waals surface area contributed by atoms with Crippen LogP contribution in [0.5, 0.6) is 11.5 Å². The Labute approximate surface area is 208 Å². The number of carbonyl (C=O) groups excluding carboxylic acids is 1. The predicted octanol–water partition coefficient (Wildman–Crippen LogP) is 6.82. The lowest BCUT2D eigenvalue weighted by Gasteiger charge is -2.38. The van der Waals surface area contributed by atoms with E-state index in [0.717, 1.165) is 6.42 Å². The number of nitrogens with zero attached hydrogens (tertiary/aromatic N) is 2. The summed E-state index contributed by atoms with van der Waals surface area (Å²) in [5, 5.41) is 0.196. The highest BCUT2D eigenvalue weighted by molar-refractivity contribution is 6.32. The summed E-state index contributed by atoms with van der Waals surface area (Å²) in [6.45, 7) is 6.38. The molecule has 0 aliphatic carbocycles. The number of nitrogen functional groups attached to an aromatic ring is 1. The van der Waals surface area contributed by atoms with E-state index >= 15 is 0 Å². The van der Waals surface area contributed by atoms with Crippen LogP contribution in [0.3, 0.4) is 0 Å². The summed E-state index contributed by atoms with van der Waals surface area (Å²) in [4.78, 5) is 15.5. The first-order chi connectivity index (χ1) is 16.3. The number of benzene rings is 2. The van der Waals surface area contributed by atoms with Crippen molar-refractivity contribution in [1.29, 1.82) is 0 Å². The second kappa shape index (κ2) is 10.4. The molecule has 1 aliphatic heterocycles. The molecule has 35 heavy (non-hydrogen) atoms. The maximum atomic E-state index is 14.4. The Morgan fingerprint density at radius 3 is 2.49 bits per heavy atom. The second-order valence-electron chi connectivity index (χ2n) is 9.72. The van der Waals surface area contributed by atoms with Gasteiger partial charge in [0.25, 0.3) is 0 Å². The number of carbonyl (C=O) groups is 1. The summed E-state index contributed by atoms with van der Waals surface area (Å²) >= 11 is 6.11. The zero-order valence-electron chi connectivity index (χ0n) is 20.3. The SMILES string of the molecule is CN(C[C@@H]1CCCN(c2c(N)ccc(Oc3ccccc3Cl)c2C(F)(F)F)C1)C(=O)OC(C)(C)C. The summed E-state index contributed by atoms with van der Waals surface area (Å²) in [6, 6.07) is 8.95. The van der Waals surface area contributed by atoms with Crippen molar-refractivity contribution in [1.82, 2.24) is 4.90 Å². The minimum Gasteiger partial charge on any atom is -0.455 e. The minimum absolute atomic E-state index is 0.00461. The number of rotatable bonds is 5. The van der Waals surface area contributed by atoms with E-state index in [9.17, 15) is 18.0 Å². The first-order valence-electron chi connectivity index (χ1n) is 11.4. The Bertz CT molecular complexity index is 1060. The molecule has 1 saturated heterocycles. The molecule has 1 aliphatic rings. The quantitative estimate of drug-likeness (QED) is 0.444. The number of alkyl halides is 3. The number of hydrogen-bond donors (Lipinski definition) is 1. The Kier molecular flexibility index (Phi) is 7.99. The molecule has 0 saturated carbocycles. The first-order valence-corrected chi connectivity index (χ1v) is 11.7. The van der Waals surface area contributed by atoms with Crippen LogP contribution in [0.25, 0.3) is 0 Å². The van der Waals surface area contributed by atoms with E-state index in [1.807, 2.05) is 0 Å². The largest absolute Gasteiger partial charge is 0.455 e. The van der Waals surface area contributed by atoms with Gasteiger partial charge >= 0.3 is 12.3 Å². The fourth-order valence-electron chi connectivity index (χ4n) is 4.15. The van der Waals surface area contributed by atoms with E-state index < -0.39 is 23.4 Å². The average molecular weight is 514 g/mol. The van der Waals surface area contributed by atoms with Crippen molar-refractivity contribution >= 4 is 29.1 Å². The molecule has 1 atom stereocenters. The Morgan fingerprint density at radius 2 is 1.86 bits per heavy atom. The van der Waals surface area contributed by atoms with Crippen molar-refractivity contribution < 1.29 is 27.4 Å². The van der Waals surface area contributed by atoms with Crippen molar-refractivity contribution in [3.8, 4) is 11.5 Å². The second-order valence-corrected chi connectivity index (χ2v) is 10.1. The molecule has 2 aromatic rings. The van der Waals surface area contributed by atoms with Gasteiger partial charge in [-0.05, 0) is 63.8 Å². The molecule has 192 valence electrons. The number of piperidine rings is 1. The molecule has 1 amide bonds. The van der Waals surface area contributed by atoms with E-state index in [4.69, 9.17) is 26.8 Å². The van der Waals surface area contributed by atoms with Gasteiger partial charge in [0.15, 0.2) is 0 Å². The Balaban J connectivity index is 1.89. The Morgan fingerprint density at radius 1 is 1.17 bits per heavy atom. The molecule has 0 aromatic heterocycles. The van der Waals surface area contributed by atoms with E-state index in [-0.39, 0.29) is 33.8 Å². The maximum Gasteiger partial charge on any atom is 0.422 e. The highest BCUT2D eigenvalue weighted by Crippen LogP contribution is 2.48. The van der Waals surface area contributed by atoms with Crippen LogP contribution in [0.2, 0.25) is 5.02 Å². The van der Waals surface area contributed by atoms with Crippen molar-refractivity contribution in [3.05, 3.63) is 47.0 Å². The van der Waals surface area contributed by atoms with Gasteiger partial charge in [-0.1, -0.05) is 23.7 Å². The van der Waals surface area contributed by atoms with Gasteiger partial charge in [0.2, 0.25) is 0 Å². The monoisotopic (exact) mass is 513 g/mol. The molecule has 1 heterocycles. The molecule has 6 nitrogen and oxygen atoms in total. The van der Waals surface area contributed by atoms with Gasteiger partial charge in [-0.25, -0.2) is 4.79 Å². The molecule has 0 spiro atoms. The molecular weight excluding hydrogens is 483 g/mol. The van der Waals surface area contributed by atoms with Gasteiger partial charge in [0, 0.05) is 26.7 Å². The van der Waals surface area contributed by atoms with Gasteiger partial charge in [0.1, 0.15) is 22.7 Å². The molecule has 0 bridgehead atoms. The maximum absolute atomic E-state index is 14.4. The van der Waals surface area contributed by atoms with Crippen molar-refractivity contribution in [3.63, 3.8) is 0 Å². The average Bonchev–Trinajstić information content (AvgIpc) is 2.74. The zero-order valence-corrected chi connectivity index (χ0v) is 21.0. The first kappa shape index (κ1) is 26.8. The summed E-state index contributed by atoms with van der Waals surface area (Å²) in [6.07, 6.45) is -3.78. The van der Waals surface area contributed by atoms with Crippen molar-refractivity contribution in [2.24, 2.45) is 5.92 Å². The van der Waals surface area contributed by atoms with Crippen LogP contribution in [-0.4, -0.2) is 43.3 Å². The van der Waals surface area contributed by atoms with Crippen molar-refractivity contribution in [2.75, 3.05) is 37.3 Å². The summed E-state index contributed by atoms with van der Waals surface area (Å²) < 4.78 is 54.1. The number of para-hydroxylation sites is 1. The molecule has 1 fully saturated rings. The number of hydrogen-bond acceptors (Lipinski definition) is 5. The molecule has 2 N–H and O–H groups in total. The number of ether oxygens (including phenoxy) is 2. The number of nitrogens with two attached hydrogens (primary N) is 1. The third kappa shape index (κ3) is 6.87. The molecule has 0 radical (unpaired) electrons. The number of amides is 1. The van der Waals surface area contributed by atoms with Gasteiger partial charge in [-0.2, -0.15) is 13.2 Å². The molecule has 3 rings (SSSR count). The van der Waals surface area contributed by atoms with Gasteiger partial charge in [-0.15, -0.1) is 0 Å². The highest BCUT2D eigenvalue weighted by Gasteiger charge is 2.41. The summed E-state index contributed by atoms with van der Waals surface area (Å²) in [7, 11) is 1.63. The van der Waals surface area contributed by atoms with Gasteiger partial charge in [-0.3, -0.25) is 0 Å². The van der Waals surface area contributed by atoms with Crippen LogP contribution in [0.1, 0.15) is 39.2 Å². The molecule has 10 heteroatoms. The summed E-state index contributed by atoms with van der Waals surface area (Å²) in [5.41, 5.74) is 4.40. The van der Waals surface area contributed by atoms with Gasteiger partial charge < -0.3 is 25.0 Å². The topological polar surface area (TPSA) is 68.0 Å².